The van der Waals surface area contributed by atoms with E-state index in [1.807, 2.05) is 146 Å². The van der Waals surface area contributed by atoms with Crippen LogP contribution >= 0.6 is 11.8 Å². The number of fused-ring (bicyclic) bond motifs is 3. The summed E-state index contributed by atoms with van der Waals surface area (Å²) in [6, 6.07) is 62.1. The summed E-state index contributed by atoms with van der Waals surface area (Å²) in [4.78, 5) is 129. The van der Waals surface area contributed by atoms with E-state index in [2.05, 4.69) is 37.2 Å². The van der Waals surface area contributed by atoms with Gasteiger partial charge in [-0.3, -0.25) is 28.8 Å². The average Bonchev–Trinajstić information content (AvgIpc) is 1.63. The largest absolute Gasteiger partial charge is 0.494 e. The average molecular weight is 1460 g/mol. The highest BCUT2D eigenvalue weighted by Crippen LogP contribution is 2.49. The first kappa shape index (κ1) is 78.9. The van der Waals surface area contributed by atoms with Crippen molar-refractivity contribution in [1.29, 1.82) is 0 Å². The predicted molar refractivity (Wildman–Crippen MR) is 406 cm³/mol. The second-order valence-corrected chi connectivity index (χ2v) is 28.8. The molecule has 8 aromatic carbocycles. The maximum Gasteiger partial charge on any atom is 0.408 e. The van der Waals surface area contributed by atoms with E-state index < -0.39 is 113 Å². The van der Waals surface area contributed by atoms with Gasteiger partial charge in [0.15, 0.2) is 0 Å². The Bertz CT molecular complexity index is 4110. The van der Waals surface area contributed by atoms with Gasteiger partial charge in [-0.25, -0.2) is 14.4 Å². The third-order valence-electron chi connectivity index (χ3n) is 17.2. The van der Waals surface area contributed by atoms with Crippen LogP contribution in [-0.2, 0) is 76.7 Å². The van der Waals surface area contributed by atoms with Crippen LogP contribution in [0.25, 0.3) is 11.1 Å². The number of rotatable bonds is 34. The Balaban J connectivity index is 0.935. The van der Waals surface area contributed by atoms with Crippen molar-refractivity contribution in [3.63, 3.8) is 0 Å². The molecule has 106 heavy (non-hydrogen) atoms. The van der Waals surface area contributed by atoms with Crippen LogP contribution in [0.4, 0.5) is 9.59 Å². The molecule has 5 atom stereocenters. The Morgan fingerprint density at radius 1 is 0.443 bits per heavy atom. The van der Waals surface area contributed by atoms with Crippen molar-refractivity contribution in [3.05, 3.63) is 269 Å². The van der Waals surface area contributed by atoms with E-state index in [1.165, 1.54) is 11.8 Å². The fourth-order valence-electron chi connectivity index (χ4n) is 12.3. The van der Waals surface area contributed by atoms with E-state index in [0.29, 0.717) is 29.0 Å². The van der Waals surface area contributed by atoms with Gasteiger partial charge in [-0.15, -0.1) is 11.8 Å². The molecule has 1 aliphatic carbocycles. The Morgan fingerprint density at radius 2 is 0.906 bits per heavy atom. The molecule has 0 radical (unpaired) electrons. The van der Waals surface area contributed by atoms with Crippen LogP contribution in [0, 0.1) is 0 Å². The topological polar surface area (TPSA) is 284 Å². The zero-order chi connectivity index (χ0) is 75.6. The summed E-state index contributed by atoms with van der Waals surface area (Å²) in [5, 5.41) is 19.1. The lowest BCUT2D eigenvalue weighted by Gasteiger charge is -2.36. The molecule has 0 aliphatic heterocycles. The molecule has 9 rings (SSSR count). The van der Waals surface area contributed by atoms with Gasteiger partial charge >= 0.3 is 24.1 Å². The molecule has 0 bridgehead atoms. The van der Waals surface area contributed by atoms with Crippen LogP contribution in [-0.4, -0.2) is 127 Å². The quantitative estimate of drug-likeness (QED) is 0.00854. The number of ether oxygens (including phenoxy) is 5. The molecule has 554 valence electrons. The monoisotopic (exact) mass is 1460 g/mol. The van der Waals surface area contributed by atoms with Gasteiger partial charge in [-0.1, -0.05) is 212 Å². The highest BCUT2D eigenvalue weighted by molar-refractivity contribution is 8.00. The molecule has 0 heterocycles. The van der Waals surface area contributed by atoms with Crippen molar-refractivity contribution in [2.75, 3.05) is 32.1 Å². The third kappa shape index (κ3) is 23.1. The number of thioether (sulfide) groups is 1. The molecule has 0 unspecified atom stereocenters. The summed E-state index contributed by atoms with van der Waals surface area (Å²) in [6.45, 7) is 11.3. The van der Waals surface area contributed by atoms with Gasteiger partial charge < -0.3 is 60.9 Å². The first-order valence-corrected chi connectivity index (χ1v) is 36.5. The number of esters is 2. The van der Waals surface area contributed by atoms with E-state index in [4.69, 9.17) is 23.7 Å². The van der Waals surface area contributed by atoms with Crippen molar-refractivity contribution in [2.45, 2.75) is 139 Å². The number of nitrogens with one attached hydrogen (secondary N) is 7. The minimum Gasteiger partial charge on any atom is -0.494 e. The summed E-state index contributed by atoms with van der Waals surface area (Å²) in [6.07, 6.45) is -2.51. The SMILES string of the molecule is CCOc1ccc(COC(=O)[C@H](CSC(c2ccccc2)(c2ccccc2)c2ccccc2)NC(=O)[C@H](CC(=O)OC(C)(C)C)NC(=O)[C@H](CNC(=O)[C@H](Cc2ccccc2)NC(=O)[C@H](Cc2ccccc2)NC(=O)CCCNC(=O)OCC2c3ccccc3-c3ccccc32)NC(=O)OC(C)(C)C)cc1. The number of carbonyl (C=O) groups excluding carboxylic acids is 9. The van der Waals surface area contributed by atoms with Gasteiger partial charge in [-0.05, 0) is 123 Å². The first-order chi connectivity index (χ1) is 50.9. The van der Waals surface area contributed by atoms with Gasteiger partial charge in [0.05, 0.1) is 17.8 Å². The van der Waals surface area contributed by atoms with Crippen LogP contribution in [0.1, 0.15) is 118 Å². The van der Waals surface area contributed by atoms with Crippen molar-refractivity contribution in [2.24, 2.45) is 0 Å². The van der Waals surface area contributed by atoms with Gasteiger partial charge in [0.1, 0.15) is 60.4 Å². The lowest BCUT2D eigenvalue weighted by atomic mass is 9.84. The summed E-state index contributed by atoms with van der Waals surface area (Å²) in [5.74, 6) is -5.61. The van der Waals surface area contributed by atoms with E-state index in [0.717, 1.165) is 38.9 Å². The molecule has 0 fully saturated rings. The third-order valence-corrected chi connectivity index (χ3v) is 18.8. The van der Waals surface area contributed by atoms with Crippen LogP contribution < -0.4 is 42.0 Å². The number of amides is 7. The maximum absolute atomic E-state index is 15.3. The normalized spacial score (nSPS) is 13.2. The highest BCUT2D eigenvalue weighted by Gasteiger charge is 2.41. The summed E-state index contributed by atoms with van der Waals surface area (Å²) < 4.78 is 27.6. The second-order valence-electron chi connectivity index (χ2n) is 27.5. The van der Waals surface area contributed by atoms with Crippen LogP contribution in [0.2, 0.25) is 0 Å². The molecule has 1 aliphatic rings. The van der Waals surface area contributed by atoms with E-state index in [9.17, 15) is 33.6 Å². The Morgan fingerprint density at radius 3 is 1.42 bits per heavy atom. The molecule has 0 saturated heterocycles. The number of alkyl carbamates (subject to hydrolysis) is 2. The molecule has 21 nitrogen and oxygen atoms in total. The van der Waals surface area contributed by atoms with Gasteiger partial charge in [-0.2, -0.15) is 0 Å². The minimum absolute atomic E-state index is 0.0105. The number of hydrogen-bond donors (Lipinski definition) is 7. The molecule has 8 aromatic rings. The molecule has 22 heteroatoms. The summed E-state index contributed by atoms with van der Waals surface area (Å²) in [5.41, 5.74) is 6.64. The van der Waals surface area contributed by atoms with Crippen molar-refractivity contribution < 1.29 is 66.8 Å². The first-order valence-electron chi connectivity index (χ1n) is 35.5. The molecule has 0 spiro atoms. The number of benzene rings is 8. The molecule has 7 amide bonds. The Kier molecular flexibility index (Phi) is 28.2. The Labute approximate surface area is 623 Å². The van der Waals surface area contributed by atoms with Gasteiger partial charge in [0, 0.05) is 44.0 Å². The summed E-state index contributed by atoms with van der Waals surface area (Å²) >= 11 is 1.35. The predicted octanol–water partition coefficient (Wildman–Crippen LogP) is 11.3. The molecular formula is C84H93N7O14S. The summed E-state index contributed by atoms with van der Waals surface area (Å²) in [7, 11) is 0. The lowest BCUT2D eigenvalue weighted by molar-refractivity contribution is -0.156. The van der Waals surface area contributed by atoms with E-state index >= 15 is 9.59 Å². The lowest BCUT2D eigenvalue weighted by Crippen LogP contribution is -2.60. The number of hydrogen-bond acceptors (Lipinski definition) is 15. The maximum atomic E-state index is 15.3. The zero-order valence-electron chi connectivity index (χ0n) is 60.7. The van der Waals surface area contributed by atoms with Crippen molar-refractivity contribution in [1.82, 2.24) is 37.2 Å². The molecular weight excluding hydrogens is 1360 g/mol. The number of carbonyl (C=O) groups is 9. The van der Waals surface area contributed by atoms with E-state index in [-0.39, 0.29) is 57.1 Å². The Hall–Kier alpha value is -11.3. The fourth-order valence-corrected chi connectivity index (χ4v) is 13.8. The van der Waals surface area contributed by atoms with Crippen molar-refractivity contribution >= 4 is 65.4 Å². The minimum atomic E-state index is -1.81. The standard InChI is InChI=1S/C84H93N7O14S/c1-8-101-62-46-44-58(45-47-62)53-102-79(98)72(55-106-84(59-33-18-11-19-34-59,60-35-20-12-21-36-60)61-37-22-13-23-38-61)90-77(96)70(51-74(93)104-82(2,3)4)89-78(97)71(91-81(100)105-83(5,6)7)52-86-75(94)68(49-56-29-14-9-15-30-56)88-76(95)69(50-57-31-16-10-17-32-57)87-73(92)43-28-48-85-80(99)103-54-67-65-41-26-24-39-63(65)64-40-25-27-42-66(64)67/h9-27,29-42,44-47,67-72H,8,28,43,48-55H2,1-7H3,(H,85,99)(H,86,94)(H,87,92)(H,88,95)(H,89,97)(H,90,96)(H,91,100)/t68-,69-,70-,71-,72-/m0/s1. The smallest absolute Gasteiger partial charge is 0.408 e. The molecule has 7 N–H and O–H groups in total. The van der Waals surface area contributed by atoms with Crippen LogP contribution in [0.15, 0.2) is 224 Å². The highest BCUT2D eigenvalue weighted by atomic mass is 32.2. The van der Waals surface area contributed by atoms with Crippen LogP contribution in [0.5, 0.6) is 5.75 Å². The van der Waals surface area contributed by atoms with Gasteiger partial charge in [0.2, 0.25) is 29.5 Å². The van der Waals surface area contributed by atoms with Crippen LogP contribution in [0.3, 0.4) is 0 Å². The zero-order valence-corrected chi connectivity index (χ0v) is 61.5. The fraction of sp³-hybridized carbons (Fsp3) is 0.321. The van der Waals surface area contributed by atoms with Crippen molar-refractivity contribution in [3.8, 4) is 16.9 Å². The van der Waals surface area contributed by atoms with Gasteiger partial charge in [0.25, 0.3) is 0 Å². The molecule has 0 aromatic heterocycles. The molecule has 0 saturated carbocycles. The van der Waals surface area contributed by atoms with E-state index in [1.54, 1.807) is 126 Å². The second kappa shape index (κ2) is 38.0.